The summed E-state index contributed by atoms with van der Waals surface area (Å²) in [4.78, 5) is 42.3. The molecule has 0 aliphatic rings. The lowest BCUT2D eigenvalue weighted by Crippen LogP contribution is -2.34. The van der Waals surface area contributed by atoms with Gasteiger partial charge in [-0.05, 0) is 50.1 Å². The summed E-state index contributed by atoms with van der Waals surface area (Å²) < 4.78 is 6.89. The smallest absolute Gasteiger partial charge is 0.262 e. The molecule has 0 saturated carbocycles. The molecule has 0 bridgehead atoms. The largest absolute Gasteiger partial charge is 0.495 e. The van der Waals surface area contributed by atoms with Gasteiger partial charge in [-0.25, -0.2) is 4.98 Å². The second-order valence-corrected chi connectivity index (χ2v) is 8.60. The zero-order valence-electron chi connectivity index (χ0n) is 19.2. The normalized spacial score (nSPS) is 11.8. The number of nitrogens with zero attached hydrogens (tertiary/aromatic N) is 2. The summed E-state index contributed by atoms with van der Waals surface area (Å²) in [5, 5.41) is 6.39. The van der Waals surface area contributed by atoms with Gasteiger partial charge in [0.1, 0.15) is 5.75 Å². The van der Waals surface area contributed by atoms with Crippen molar-refractivity contribution < 1.29 is 14.3 Å². The standard InChI is InChI=1S/C24H28N4O4S/c1-5-16(3)28-23(31)17-8-6-7-9-18(17)27-24(28)33-14-22(30)25-13-21(29)26-19-12-15(2)10-11-20(19)32-4/h6-12,16H,5,13-14H2,1-4H3,(H,25,30)(H,26,29)/t16-/m0/s1. The fraction of sp³-hybridized carbons (Fsp3) is 0.333. The first-order chi connectivity index (χ1) is 15.8. The molecule has 8 nitrogen and oxygen atoms in total. The van der Waals surface area contributed by atoms with Crippen molar-refractivity contribution >= 4 is 40.2 Å². The maximum atomic E-state index is 13.0. The highest BCUT2D eigenvalue weighted by Gasteiger charge is 2.17. The van der Waals surface area contributed by atoms with Gasteiger partial charge in [-0.2, -0.15) is 0 Å². The molecule has 0 fully saturated rings. The number of rotatable bonds is 9. The monoisotopic (exact) mass is 468 g/mol. The Kier molecular flexibility index (Phi) is 8.11. The summed E-state index contributed by atoms with van der Waals surface area (Å²) >= 11 is 1.18. The minimum Gasteiger partial charge on any atom is -0.495 e. The van der Waals surface area contributed by atoms with Crippen molar-refractivity contribution in [2.24, 2.45) is 0 Å². The Morgan fingerprint density at radius 1 is 1.18 bits per heavy atom. The van der Waals surface area contributed by atoms with Crippen LogP contribution in [0.15, 0.2) is 52.4 Å². The fourth-order valence-corrected chi connectivity index (χ4v) is 4.20. The van der Waals surface area contributed by atoms with Crippen LogP contribution in [-0.4, -0.2) is 40.8 Å². The molecule has 1 heterocycles. The van der Waals surface area contributed by atoms with Crippen molar-refractivity contribution in [1.82, 2.24) is 14.9 Å². The van der Waals surface area contributed by atoms with E-state index in [2.05, 4.69) is 15.6 Å². The highest BCUT2D eigenvalue weighted by molar-refractivity contribution is 7.99. The Labute approximate surface area is 196 Å². The van der Waals surface area contributed by atoms with E-state index in [9.17, 15) is 14.4 Å². The van der Waals surface area contributed by atoms with Gasteiger partial charge in [-0.1, -0.05) is 36.9 Å². The molecule has 0 saturated heterocycles. The Hall–Kier alpha value is -3.33. The highest BCUT2D eigenvalue weighted by atomic mass is 32.2. The molecule has 33 heavy (non-hydrogen) atoms. The summed E-state index contributed by atoms with van der Waals surface area (Å²) in [7, 11) is 1.53. The van der Waals surface area contributed by atoms with Crippen LogP contribution in [-0.2, 0) is 9.59 Å². The van der Waals surface area contributed by atoms with Gasteiger partial charge in [0.2, 0.25) is 11.8 Å². The van der Waals surface area contributed by atoms with Gasteiger partial charge < -0.3 is 15.4 Å². The molecule has 2 aromatic carbocycles. The van der Waals surface area contributed by atoms with Gasteiger partial charge in [0.25, 0.3) is 5.56 Å². The number of benzene rings is 2. The number of thioether (sulfide) groups is 1. The van der Waals surface area contributed by atoms with Crippen LogP contribution in [0.2, 0.25) is 0 Å². The average Bonchev–Trinajstić information content (AvgIpc) is 2.81. The van der Waals surface area contributed by atoms with Crippen LogP contribution in [0.3, 0.4) is 0 Å². The van der Waals surface area contributed by atoms with E-state index in [0.29, 0.717) is 27.5 Å². The lowest BCUT2D eigenvalue weighted by Gasteiger charge is -2.18. The number of ether oxygens (including phenoxy) is 1. The summed E-state index contributed by atoms with van der Waals surface area (Å²) in [6.45, 7) is 5.68. The molecule has 9 heteroatoms. The molecule has 2 amide bonds. The Morgan fingerprint density at radius 2 is 1.94 bits per heavy atom. The molecule has 1 aromatic heterocycles. The van der Waals surface area contributed by atoms with Crippen molar-refractivity contribution in [2.45, 2.75) is 38.4 Å². The topological polar surface area (TPSA) is 102 Å². The number of hydrogen-bond acceptors (Lipinski definition) is 6. The van der Waals surface area contributed by atoms with Crippen LogP contribution in [0, 0.1) is 6.92 Å². The molecule has 0 aliphatic heterocycles. The van der Waals surface area contributed by atoms with E-state index in [1.54, 1.807) is 28.8 Å². The molecular formula is C24H28N4O4S. The highest BCUT2D eigenvalue weighted by Crippen LogP contribution is 2.25. The molecule has 0 aliphatic carbocycles. The lowest BCUT2D eigenvalue weighted by atomic mass is 10.2. The zero-order valence-corrected chi connectivity index (χ0v) is 20.0. The summed E-state index contributed by atoms with van der Waals surface area (Å²) in [6.07, 6.45) is 0.752. The number of anilines is 1. The number of amides is 2. The van der Waals surface area contributed by atoms with E-state index >= 15 is 0 Å². The molecule has 3 aromatic rings. The number of carbonyl (C=O) groups excluding carboxylic acids is 2. The van der Waals surface area contributed by atoms with Crippen LogP contribution in [0.5, 0.6) is 5.75 Å². The van der Waals surface area contributed by atoms with Crippen molar-refractivity contribution in [3.63, 3.8) is 0 Å². The number of carbonyl (C=O) groups is 2. The summed E-state index contributed by atoms with van der Waals surface area (Å²) in [6, 6.07) is 12.6. The van der Waals surface area contributed by atoms with Crippen molar-refractivity contribution in [1.29, 1.82) is 0 Å². The second-order valence-electron chi connectivity index (χ2n) is 7.66. The number of nitrogens with one attached hydrogen (secondary N) is 2. The first-order valence-corrected chi connectivity index (χ1v) is 11.7. The Bertz CT molecular complexity index is 1220. The number of aromatic nitrogens is 2. The van der Waals surface area contributed by atoms with Gasteiger partial charge in [-0.3, -0.25) is 19.0 Å². The summed E-state index contributed by atoms with van der Waals surface area (Å²) in [5.74, 6) is -0.120. The average molecular weight is 469 g/mol. The molecule has 174 valence electrons. The minimum absolute atomic E-state index is 0.0300. The number of aryl methyl sites for hydroxylation is 1. The number of methoxy groups -OCH3 is 1. The molecule has 0 spiro atoms. The van der Waals surface area contributed by atoms with E-state index in [-0.39, 0.29) is 35.7 Å². The quantitative estimate of drug-likeness (QED) is 0.368. The minimum atomic E-state index is -0.363. The SMILES string of the molecule is CC[C@H](C)n1c(SCC(=O)NCC(=O)Nc2cc(C)ccc2OC)nc2ccccc2c1=O. The molecule has 3 rings (SSSR count). The third-order valence-corrected chi connectivity index (χ3v) is 6.17. The van der Waals surface area contributed by atoms with Gasteiger partial charge in [-0.15, -0.1) is 0 Å². The van der Waals surface area contributed by atoms with Crippen LogP contribution in [0.1, 0.15) is 31.9 Å². The maximum Gasteiger partial charge on any atom is 0.262 e. The molecule has 2 N–H and O–H groups in total. The molecular weight excluding hydrogens is 440 g/mol. The van der Waals surface area contributed by atoms with E-state index in [1.165, 1.54) is 18.9 Å². The molecule has 0 unspecified atom stereocenters. The van der Waals surface area contributed by atoms with Crippen LogP contribution in [0.4, 0.5) is 5.69 Å². The number of para-hydroxylation sites is 1. The maximum absolute atomic E-state index is 13.0. The van der Waals surface area contributed by atoms with Crippen molar-refractivity contribution in [3.8, 4) is 5.75 Å². The summed E-state index contributed by atoms with van der Waals surface area (Å²) in [5.41, 5.74) is 1.99. The first-order valence-electron chi connectivity index (χ1n) is 10.7. The second kappa shape index (κ2) is 11.0. The van der Waals surface area contributed by atoms with Gasteiger partial charge in [0.05, 0.1) is 36.0 Å². The Morgan fingerprint density at radius 3 is 2.67 bits per heavy atom. The van der Waals surface area contributed by atoms with E-state index in [1.807, 2.05) is 39.0 Å². The van der Waals surface area contributed by atoms with Crippen molar-refractivity contribution in [3.05, 3.63) is 58.4 Å². The van der Waals surface area contributed by atoms with Gasteiger partial charge >= 0.3 is 0 Å². The zero-order chi connectivity index (χ0) is 24.0. The molecule has 0 radical (unpaired) electrons. The van der Waals surface area contributed by atoms with Crippen molar-refractivity contribution in [2.75, 3.05) is 24.7 Å². The van der Waals surface area contributed by atoms with Crippen LogP contribution >= 0.6 is 11.8 Å². The third-order valence-electron chi connectivity index (χ3n) is 5.21. The van der Waals surface area contributed by atoms with E-state index < -0.39 is 0 Å². The van der Waals surface area contributed by atoms with Gasteiger partial charge in [0, 0.05) is 6.04 Å². The van der Waals surface area contributed by atoms with E-state index in [0.717, 1.165) is 12.0 Å². The molecule has 1 atom stereocenters. The predicted molar refractivity (Wildman–Crippen MR) is 131 cm³/mol. The van der Waals surface area contributed by atoms with Crippen LogP contribution < -0.4 is 20.9 Å². The lowest BCUT2D eigenvalue weighted by molar-refractivity contribution is -0.122. The third kappa shape index (κ3) is 5.92. The number of fused-ring (bicyclic) bond motifs is 1. The first kappa shape index (κ1) is 24.3. The van der Waals surface area contributed by atoms with Crippen LogP contribution in [0.25, 0.3) is 10.9 Å². The predicted octanol–water partition coefficient (Wildman–Crippen LogP) is 3.53. The van der Waals surface area contributed by atoms with Gasteiger partial charge in [0.15, 0.2) is 5.16 Å². The Balaban J connectivity index is 1.65. The van der Waals surface area contributed by atoms with E-state index in [4.69, 9.17) is 4.74 Å². The number of hydrogen-bond donors (Lipinski definition) is 2. The fourth-order valence-electron chi connectivity index (χ4n) is 3.27.